The molecule has 0 aliphatic carbocycles. The van der Waals surface area contributed by atoms with Gasteiger partial charge in [-0.15, -0.1) is 11.8 Å². The molecule has 0 fully saturated rings. The zero-order chi connectivity index (χ0) is 12.7. The van der Waals surface area contributed by atoms with E-state index in [-0.39, 0.29) is 25.1 Å². The van der Waals surface area contributed by atoms with Crippen LogP contribution >= 0.6 is 11.8 Å². The maximum absolute atomic E-state index is 12.7. The van der Waals surface area contributed by atoms with E-state index in [0.717, 1.165) is 17.1 Å². The molecule has 0 aliphatic rings. The molecule has 102 valence electrons. The van der Waals surface area contributed by atoms with Crippen LogP contribution < -0.4 is 0 Å². The Balaban J connectivity index is 0.00000289. The number of halogens is 1. The summed E-state index contributed by atoms with van der Waals surface area (Å²) < 4.78 is 17.9. The number of ether oxygens (including phenoxy) is 1. The van der Waals surface area contributed by atoms with E-state index in [4.69, 9.17) is 4.74 Å². The van der Waals surface area contributed by atoms with Gasteiger partial charge in [0.1, 0.15) is 11.6 Å². The van der Waals surface area contributed by atoms with Gasteiger partial charge in [0.05, 0.1) is 6.10 Å². The van der Waals surface area contributed by atoms with Crippen LogP contribution in [-0.4, -0.2) is 24.7 Å². The van der Waals surface area contributed by atoms with E-state index in [1.165, 1.54) is 12.1 Å². The number of thioether (sulfide) groups is 1. The van der Waals surface area contributed by atoms with E-state index in [1.54, 1.807) is 37.9 Å². The summed E-state index contributed by atoms with van der Waals surface area (Å²) in [5.74, 6) is 0.779. The molecule has 0 N–H and O–H groups in total. The number of carbonyl (C=O) groups is 1. The fourth-order valence-electron chi connectivity index (χ4n) is 1.46. The fourth-order valence-corrected chi connectivity index (χ4v) is 2.41. The molecule has 1 rings (SSSR count). The maximum atomic E-state index is 12.7. The molecule has 0 aromatic heterocycles. The second kappa shape index (κ2) is 9.11. The van der Waals surface area contributed by atoms with Crippen LogP contribution in [0.25, 0.3) is 0 Å². The minimum absolute atomic E-state index is 0. The lowest BCUT2D eigenvalue weighted by atomic mass is 10.1. The Kier molecular flexibility index (Phi) is 8.67. The van der Waals surface area contributed by atoms with Gasteiger partial charge in [-0.05, 0) is 37.6 Å². The van der Waals surface area contributed by atoms with Crippen LogP contribution in [-0.2, 0) is 9.53 Å². The van der Waals surface area contributed by atoms with Gasteiger partial charge in [0.15, 0.2) is 0 Å². The van der Waals surface area contributed by atoms with Crippen molar-refractivity contribution in [1.82, 2.24) is 0 Å². The van der Waals surface area contributed by atoms with Gasteiger partial charge in [0.2, 0.25) is 0 Å². The number of benzene rings is 1. The quantitative estimate of drug-likeness (QED) is 0.703. The first-order chi connectivity index (χ1) is 8.11. The van der Waals surface area contributed by atoms with Crippen LogP contribution in [0.5, 0.6) is 0 Å². The SMILES string of the molecule is C.COC(CCSc1ccc(F)cc1)CC(C)=O. The Labute approximate surface area is 113 Å². The van der Waals surface area contributed by atoms with Gasteiger partial charge in [0, 0.05) is 24.2 Å². The fraction of sp³-hybridized carbons (Fsp3) is 0.500. The van der Waals surface area contributed by atoms with Crippen LogP contribution in [0, 0.1) is 5.82 Å². The zero-order valence-electron chi connectivity index (χ0n) is 10.1. The van der Waals surface area contributed by atoms with E-state index in [9.17, 15) is 9.18 Å². The highest BCUT2D eigenvalue weighted by molar-refractivity contribution is 7.99. The van der Waals surface area contributed by atoms with Crippen LogP contribution in [0.15, 0.2) is 29.2 Å². The average Bonchev–Trinajstić information content (AvgIpc) is 2.30. The summed E-state index contributed by atoms with van der Waals surface area (Å²) in [7, 11) is 1.62. The van der Waals surface area contributed by atoms with Gasteiger partial charge in [-0.25, -0.2) is 4.39 Å². The number of Topliss-reactive ketones (excluding diaryl/α,β-unsaturated/α-hetero) is 1. The lowest BCUT2D eigenvalue weighted by molar-refractivity contribution is -0.119. The van der Waals surface area contributed by atoms with E-state index in [1.807, 2.05) is 0 Å². The van der Waals surface area contributed by atoms with Crippen molar-refractivity contribution in [2.45, 2.75) is 38.2 Å². The molecule has 4 heteroatoms. The van der Waals surface area contributed by atoms with Crippen LogP contribution in [0.4, 0.5) is 4.39 Å². The smallest absolute Gasteiger partial charge is 0.132 e. The van der Waals surface area contributed by atoms with Gasteiger partial charge in [-0.1, -0.05) is 7.43 Å². The van der Waals surface area contributed by atoms with E-state index >= 15 is 0 Å². The van der Waals surface area contributed by atoms with Crippen molar-refractivity contribution in [3.8, 4) is 0 Å². The minimum atomic E-state index is -0.222. The monoisotopic (exact) mass is 272 g/mol. The summed E-state index contributed by atoms with van der Waals surface area (Å²) in [6.07, 6.45) is 1.26. The molecule has 18 heavy (non-hydrogen) atoms. The molecule has 1 aromatic rings. The van der Waals surface area contributed by atoms with Gasteiger partial charge in [-0.2, -0.15) is 0 Å². The molecule has 0 spiro atoms. The zero-order valence-corrected chi connectivity index (χ0v) is 10.9. The second-order valence-electron chi connectivity index (χ2n) is 3.85. The number of rotatable bonds is 7. The van der Waals surface area contributed by atoms with Crippen molar-refractivity contribution < 1.29 is 13.9 Å². The second-order valence-corrected chi connectivity index (χ2v) is 5.02. The molecular weight excluding hydrogens is 251 g/mol. The third-order valence-electron chi connectivity index (χ3n) is 2.37. The first-order valence-corrected chi connectivity index (χ1v) is 6.51. The Bertz CT molecular complexity index is 351. The summed E-state index contributed by atoms with van der Waals surface area (Å²) in [6.45, 7) is 1.57. The molecule has 2 nitrogen and oxygen atoms in total. The normalized spacial score (nSPS) is 11.7. The number of methoxy groups -OCH3 is 1. The molecular formula is C14H21FO2S. The van der Waals surface area contributed by atoms with E-state index in [0.29, 0.717) is 6.42 Å². The van der Waals surface area contributed by atoms with Crippen LogP contribution in [0.1, 0.15) is 27.2 Å². The Morgan fingerprint density at radius 3 is 2.50 bits per heavy atom. The highest BCUT2D eigenvalue weighted by atomic mass is 32.2. The van der Waals surface area contributed by atoms with Crippen LogP contribution in [0.2, 0.25) is 0 Å². The highest BCUT2D eigenvalue weighted by Crippen LogP contribution is 2.20. The third kappa shape index (κ3) is 6.77. The average molecular weight is 272 g/mol. The molecule has 0 saturated carbocycles. The number of carbonyl (C=O) groups excluding carboxylic acids is 1. The largest absolute Gasteiger partial charge is 0.381 e. The molecule has 0 heterocycles. The number of hydrogen-bond donors (Lipinski definition) is 0. The van der Waals surface area contributed by atoms with E-state index < -0.39 is 0 Å². The Morgan fingerprint density at radius 1 is 1.39 bits per heavy atom. The Morgan fingerprint density at radius 2 is 2.00 bits per heavy atom. The molecule has 0 radical (unpaired) electrons. The Hall–Kier alpha value is -0.870. The first-order valence-electron chi connectivity index (χ1n) is 5.52. The molecule has 0 aliphatic heterocycles. The van der Waals surface area contributed by atoms with E-state index in [2.05, 4.69) is 0 Å². The molecule has 1 unspecified atom stereocenters. The van der Waals surface area contributed by atoms with Crippen molar-refractivity contribution in [1.29, 1.82) is 0 Å². The lowest BCUT2D eigenvalue weighted by Gasteiger charge is -2.12. The summed E-state index contributed by atoms with van der Waals surface area (Å²) in [6, 6.07) is 6.41. The molecule has 0 bridgehead atoms. The van der Waals surface area contributed by atoms with Crippen molar-refractivity contribution in [3.63, 3.8) is 0 Å². The van der Waals surface area contributed by atoms with Crippen molar-refractivity contribution in [3.05, 3.63) is 30.1 Å². The topological polar surface area (TPSA) is 26.3 Å². The molecule has 1 aromatic carbocycles. The van der Waals surface area contributed by atoms with Gasteiger partial charge < -0.3 is 4.74 Å². The van der Waals surface area contributed by atoms with Crippen molar-refractivity contribution in [2.75, 3.05) is 12.9 Å². The van der Waals surface area contributed by atoms with Crippen LogP contribution in [0.3, 0.4) is 0 Å². The van der Waals surface area contributed by atoms with Crippen molar-refractivity contribution in [2.24, 2.45) is 0 Å². The van der Waals surface area contributed by atoms with Crippen molar-refractivity contribution >= 4 is 17.5 Å². The van der Waals surface area contributed by atoms with Gasteiger partial charge >= 0.3 is 0 Å². The molecule has 1 atom stereocenters. The summed E-state index contributed by atoms with van der Waals surface area (Å²) >= 11 is 1.64. The van der Waals surface area contributed by atoms with Gasteiger partial charge in [0.25, 0.3) is 0 Å². The van der Waals surface area contributed by atoms with Gasteiger partial charge in [-0.3, -0.25) is 4.79 Å². The minimum Gasteiger partial charge on any atom is -0.381 e. The number of ketones is 1. The number of hydrogen-bond acceptors (Lipinski definition) is 3. The third-order valence-corrected chi connectivity index (χ3v) is 3.42. The predicted molar refractivity (Wildman–Crippen MR) is 74.6 cm³/mol. The predicted octanol–water partition coefficient (Wildman–Crippen LogP) is 3.94. The first kappa shape index (κ1) is 17.1. The molecule has 0 amide bonds. The maximum Gasteiger partial charge on any atom is 0.132 e. The summed E-state index contributed by atoms with van der Waals surface area (Å²) in [5, 5.41) is 0. The summed E-state index contributed by atoms with van der Waals surface area (Å²) in [5.41, 5.74) is 0. The lowest BCUT2D eigenvalue weighted by Crippen LogP contribution is -2.15. The highest BCUT2D eigenvalue weighted by Gasteiger charge is 2.09. The molecule has 0 saturated heterocycles. The standard InChI is InChI=1S/C13H17FO2S.CH4/c1-10(15)9-12(16-2)7-8-17-13-5-3-11(14)4-6-13;/h3-6,12H,7-9H2,1-2H3;1H4. The summed E-state index contributed by atoms with van der Waals surface area (Å²) in [4.78, 5) is 12.0.